The normalized spacial score (nSPS) is 21.8. The van der Waals surface area contributed by atoms with Gasteiger partial charge in [0.2, 0.25) is 0 Å². The maximum absolute atomic E-state index is 13.1. The molecule has 150 valence electrons. The first-order valence-electron chi connectivity index (χ1n) is 10.4. The number of nitrogens with zero attached hydrogens (tertiary/aromatic N) is 2. The maximum Gasteiger partial charge on any atom is 0.251 e. The highest BCUT2D eigenvalue weighted by Crippen LogP contribution is 2.21. The van der Waals surface area contributed by atoms with Crippen molar-refractivity contribution in [1.82, 2.24) is 9.80 Å². The van der Waals surface area contributed by atoms with Crippen LogP contribution in [0.1, 0.15) is 37.7 Å². The molecule has 1 amide bonds. The highest BCUT2D eigenvalue weighted by Gasteiger charge is 2.29. The average molecular weight is 375 g/mol. The lowest BCUT2D eigenvalue weighted by atomic mass is 9.95. The van der Waals surface area contributed by atoms with E-state index in [1.807, 2.05) is 12.1 Å². The fraction of sp³-hybridized carbons (Fsp3) is 0.682. The quantitative estimate of drug-likeness (QED) is 0.736. The molecule has 1 aromatic carbocycles. The lowest BCUT2D eigenvalue weighted by molar-refractivity contribution is -0.147. The number of benzene rings is 1. The number of likely N-dealkylation sites (tertiary alicyclic amines) is 1. The van der Waals surface area contributed by atoms with E-state index >= 15 is 0 Å². The van der Waals surface area contributed by atoms with E-state index in [2.05, 4.69) is 29.0 Å². The Morgan fingerprint density at radius 2 is 1.93 bits per heavy atom. The molecule has 3 rings (SSSR count). The Morgan fingerprint density at radius 3 is 2.56 bits per heavy atom. The summed E-state index contributed by atoms with van der Waals surface area (Å²) in [4.78, 5) is 17.6. The van der Waals surface area contributed by atoms with Crippen molar-refractivity contribution >= 4 is 5.91 Å². The Hall–Kier alpha value is -1.59. The SMILES string of the molecule is COc1ccc(CCN(CC2CCN(C)CC2)C(=O)[C@@H]2CCCCO2)cc1. The van der Waals surface area contributed by atoms with Crippen molar-refractivity contribution < 1.29 is 14.3 Å². The van der Waals surface area contributed by atoms with Crippen LogP contribution in [0.25, 0.3) is 0 Å². The second-order valence-corrected chi connectivity index (χ2v) is 7.98. The molecule has 27 heavy (non-hydrogen) atoms. The third-order valence-corrected chi connectivity index (χ3v) is 5.91. The summed E-state index contributed by atoms with van der Waals surface area (Å²) in [5.74, 6) is 1.67. The molecule has 0 N–H and O–H groups in total. The number of carbonyl (C=O) groups excluding carboxylic acids is 1. The average Bonchev–Trinajstić information content (AvgIpc) is 2.73. The van der Waals surface area contributed by atoms with Crippen molar-refractivity contribution in [2.75, 3.05) is 46.9 Å². The molecule has 2 aliphatic heterocycles. The van der Waals surface area contributed by atoms with Gasteiger partial charge in [0, 0.05) is 19.7 Å². The van der Waals surface area contributed by atoms with Gasteiger partial charge < -0.3 is 19.3 Å². The summed E-state index contributed by atoms with van der Waals surface area (Å²) in [6.45, 7) is 4.60. The number of piperidine rings is 1. The smallest absolute Gasteiger partial charge is 0.251 e. The monoisotopic (exact) mass is 374 g/mol. The fourth-order valence-electron chi connectivity index (χ4n) is 4.04. The van der Waals surface area contributed by atoms with Crippen LogP contribution in [0.4, 0.5) is 0 Å². The van der Waals surface area contributed by atoms with Gasteiger partial charge >= 0.3 is 0 Å². The van der Waals surface area contributed by atoms with Crippen LogP contribution in [0.2, 0.25) is 0 Å². The van der Waals surface area contributed by atoms with E-state index in [1.165, 1.54) is 18.4 Å². The molecule has 2 saturated heterocycles. The summed E-state index contributed by atoms with van der Waals surface area (Å²) >= 11 is 0. The number of hydrogen-bond donors (Lipinski definition) is 0. The Labute approximate surface area is 163 Å². The van der Waals surface area contributed by atoms with E-state index in [-0.39, 0.29) is 12.0 Å². The van der Waals surface area contributed by atoms with E-state index in [0.29, 0.717) is 5.92 Å². The first kappa shape index (κ1) is 20.2. The molecule has 0 aromatic heterocycles. The summed E-state index contributed by atoms with van der Waals surface area (Å²) in [7, 11) is 3.86. The largest absolute Gasteiger partial charge is 0.497 e. The van der Waals surface area contributed by atoms with Crippen LogP contribution >= 0.6 is 0 Å². The first-order valence-corrected chi connectivity index (χ1v) is 10.4. The molecule has 5 heteroatoms. The number of methoxy groups -OCH3 is 1. The van der Waals surface area contributed by atoms with Gasteiger partial charge in [-0.15, -0.1) is 0 Å². The maximum atomic E-state index is 13.1. The number of rotatable bonds is 7. The van der Waals surface area contributed by atoms with Crippen LogP contribution in [-0.4, -0.2) is 68.8 Å². The zero-order valence-electron chi connectivity index (χ0n) is 16.9. The molecular weight excluding hydrogens is 340 g/mol. The van der Waals surface area contributed by atoms with Gasteiger partial charge in [-0.05, 0) is 82.3 Å². The Bertz CT molecular complexity index is 576. The Kier molecular flexibility index (Phi) is 7.53. The molecule has 1 atom stereocenters. The minimum absolute atomic E-state index is 0.196. The lowest BCUT2D eigenvalue weighted by Gasteiger charge is -2.35. The van der Waals surface area contributed by atoms with Gasteiger partial charge in [-0.3, -0.25) is 4.79 Å². The molecule has 0 bridgehead atoms. The van der Waals surface area contributed by atoms with Gasteiger partial charge in [0.05, 0.1) is 7.11 Å². The van der Waals surface area contributed by atoms with E-state index < -0.39 is 0 Å². The molecule has 5 nitrogen and oxygen atoms in total. The Balaban J connectivity index is 1.61. The highest BCUT2D eigenvalue weighted by atomic mass is 16.5. The molecule has 0 aliphatic carbocycles. The lowest BCUT2D eigenvalue weighted by Crippen LogP contribution is -2.46. The molecule has 1 aromatic rings. The predicted octanol–water partition coefficient (Wildman–Crippen LogP) is 2.98. The summed E-state index contributed by atoms with van der Waals surface area (Å²) in [6, 6.07) is 8.16. The molecule has 0 saturated carbocycles. The van der Waals surface area contributed by atoms with Gasteiger partial charge in [0.15, 0.2) is 0 Å². The number of ether oxygens (including phenoxy) is 2. The summed E-state index contributed by atoms with van der Waals surface area (Å²) < 4.78 is 11.0. The van der Waals surface area contributed by atoms with Gasteiger partial charge in [-0.25, -0.2) is 0 Å². The standard InChI is InChI=1S/C22H34N2O3/c1-23-13-10-19(11-14-23)17-24(22(25)21-5-3-4-16-27-21)15-12-18-6-8-20(26-2)9-7-18/h6-9,19,21H,3-5,10-17H2,1-2H3/t21-/m0/s1. The third kappa shape index (κ3) is 5.94. The molecule has 0 spiro atoms. The van der Waals surface area contributed by atoms with Crippen LogP contribution in [0.15, 0.2) is 24.3 Å². The van der Waals surface area contributed by atoms with Gasteiger partial charge in [0.1, 0.15) is 11.9 Å². The van der Waals surface area contributed by atoms with Crippen molar-refractivity contribution in [1.29, 1.82) is 0 Å². The molecule has 0 unspecified atom stereocenters. The molecule has 0 radical (unpaired) electrons. The molecule has 2 fully saturated rings. The topological polar surface area (TPSA) is 42.0 Å². The van der Waals surface area contributed by atoms with E-state index in [0.717, 1.165) is 64.2 Å². The Morgan fingerprint density at radius 1 is 1.19 bits per heavy atom. The number of carbonyl (C=O) groups is 1. The second-order valence-electron chi connectivity index (χ2n) is 7.98. The van der Waals surface area contributed by atoms with Crippen molar-refractivity contribution in [3.05, 3.63) is 29.8 Å². The van der Waals surface area contributed by atoms with E-state index in [9.17, 15) is 4.79 Å². The molecular formula is C22H34N2O3. The first-order chi connectivity index (χ1) is 13.2. The molecule has 2 aliphatic rings. The summed E-state index contributed by atoms with van der Waals surface area (Å²) in [5.41, 5.74) is 1.24. The van der Waals surface area contributed by atoms with Crippen LogP contribution in [-0.2, 0) is 16.0 Å². The van der Waals surface area contributed by atoms with E-state index in [1.54, 1.807) is 7.11 Å². The second kappa shape index (κ2) is 10.1. The molecule has 2 heterocycles. The number of amides is 1. The minimum atomic E-state index is -0.235. The zero-order chi connectivity index (χ0) is 19.1. The van der Waals surface area contributed by atoms with Crippen LogP contribution in [0.3, 0.4) is 0 Å². The number of hydrogen-bond acceptors (Lipinski definition) is 4. The predicted molar refractivity (Wildman–Crippen MR) is 107 cm³/mol. The minimum Gasteiger partial charge on any atom is -0.497 e. The van der Waals surface area contributed by atoms with Crippen molar-refractivity contribution in [3.63, 3.8) is 0 Å². The third-order valence-electron chi connectivity index (χ3n) is 5.91. The van der Waals surface area contributed by atoms with Gasteiger partial charge in [-0.2, -0.15) is 0 Å². The zero-order valence-corrected chi connectivity index (χ0v) is 16.9. The summed E-state index contributed by atoms with van der Waals surface area (Å²) in [6.07, 6.45) is 6.02. The fourth-order valence-corrected chi connectivity index (χ4v) is 4.04. The highest BCUT2D eigenvalue weighted by molar-refractivity contribution is 5.81. The van der Waals surface area contributed by atoms with E-state index in [4.69, 9.17) is 9.47 Å². The van der Waals surface area contributed by atoms with Gasteiger partial charge in [0.25, 0.3) is 5.91 Å². The van der Waals surface area contributed by atoms with Gasteiger partial charge in [-0.1, -0.05) is 12.1 Å². The van der Waals surface area contributed by atoms with Crippen LogP contribution in [0, 0.1) is 5.92 Å². The van der Waals surface area contributed by atoms with Crippen molar-refractivity contribution in [2.24, 2.45) is 5.92 Å². The van der Waals surface area contributed by atoms with Crippen molar-refractivity contribution in [3.8, 4) is 5.75 Å². The van der Waals surface area contributed by atoms with Crippen molar-refractivity contribution in [2.45, 2.75) is 44.6 Å². The van der Waals surface area contributed by atoms with Crippen LogP contribution in [0.5, 0.6) is 5.75 Å². The van der Waals surface area contributed by atoms with Crippen LogP contribution < -0.4 is 4.74 Å². The summed E-state index contributed by atoms with van der Waals surface area (Å²) in [5, 5.41) is 0.